The third-order valence-electron chi connectivity index (χ3n) is 1.98. The van der Waals surface area contributed by atoms with Crippen LogP contribution in [0, 0.1) is 0 Å². The van der Waals surface area contributed by atoms with Crippen molar-refractivity contribution >= 4 is 34.8 Å². The largest absolute Gasteiger partial charge is 0.465 e. The third-order valence-corrected chi connectivity index (χ3v) is 3.39. The Morgan fingerprint density at radius 1 is 1.56 bits per heavy atom. The van der Waals surface area contributed by atoms with Crippen LogP contribution < -0.4 is 5.73 Å². The minimum absolute atomic E-state index is 0.0259. The molecule has 0 radical (unpaired) electrons. The van der Waals surface area contributed by atoms with Crippen LogP contribution in [-0.2, 0) is 4.74 Å². The van der Waals surface area contributed by atoms with E-state index in [1.165, 1.54) is 24.1 Å². The van der Waals surface area contributed by atoms with Crippen molar-refractivity contribution in [1.82, 2.24) is 14.8 Å². The van der Waals surface area contributed by atoms with Crippen molar-refractivity contribution < 1.29 is 14.3 Å². The quantitative estimate of drug-likeness (QED) is 0.844. The first-order valence-electron chi connectivity index (χ1n) is 4.63. The van der Waals surface area contributed by atoms with E-state index in [4.69, 9.17) is 17.3 Å². The number of aromatic nitrogens is 3. The van der Waals surface area contributed by atoms with Crippen LogP contribution in [0.2, 0.25) is 5.15 Å². The predicted octanol–water partition coefficient (Wildman–Crippen LogP) is 0.868. The van der Waals surface area contributed by atoms with Crippen molar-refractivity contribution in [3.63, 3.8) is 0 Å². The lowest BCUT2D eigenvalue weighted by molar-refractivity contribution is 0.0606. The summed E-state index contributed by atoms with van der Waals surface area (Å²) in [5, 5.41) is 4.27. The Labute approximate surface area is 110 Å². The van der Waals surface area contributed by atoms with E-state index >= 15 is 0 Å². The van der Waals surface area contributed by atoms with E-state index in [0.29, 0.717) is 5.13 Å². The van der Waals surface area contributed by atoms with Crippen molar-refractivity contribution in [2.24, 2.45) is 5.73 Å². The number of carbonyl (C=O) groups excluding carboxylic acids is 2. The minimum Gasteiger partial charge on any atom is -0.465 e. The summed E-state index contributed by atoms with van der Waals surface area (Å²) in [6.45, 7) is 0. The van der Waals surface area contributed by atoms with E-state index in [-0.39, 0.29) is 15.7 Å². The number of hydrogen-bond acceptors (Lipinski definition) is 6. The maximum absolute atomic E-state index is 11.4. The highest BCUT2D eigenvalue weighted by molar-refractivity contribution is 7.16. The van der Waals surface area contributed by atoms with Gasteiger partial charge >= 0.3 is 5.97 Å². The number of carbonyl (C=O) groups is 2. The number of nitrogens with two attached hydrogens (primary N) is 1. The Bertz CT molecular complexity index is 621. The van der Waals surface area contributed by atoms with Gasteiger partial charge in [-0.15, -0.1) is 0 Å². The first-order valence-corrected chi connectivity index (χ1v) is 5.83. The molecule has 9 heteroatoms. The lowest BCUT2D eigenvalue weighted by atomic mass is 10.4. The highest BCUT2D eigenvalue weighted by Crippen LogP contribution is 2.26. The molecule has 2 aromatic rings. The van der Waals surface area contributed by atoms with E-state index in [9.17, 15) is 9.59 Å². The molecule has 2 heterocycles. The molecule has 18 heavy (non-hydrogen) atoms. The molecule has 0 bridgehead atoms. The summed E-state index contributed by atoms with van der Waals surface area (Å²) in [5.74, 6) is -1.23. The molecule has 94 valence electrons. The molecule has 0 spiro atoms. The molecule has 0 aliphatic carbocycles. The standard InChI is InChI=1S/C9H7ClN4O3S/c1-17-8(16)5-6(10)12-9(18-5)14-3-2-4(13-14)7(11)15/h2-3H,1H3,(H2,11,15). The van der Waals surface area contributed by atoms with Gasteiger partial charge in [0.15, 0.2) is 10.0 Å². The van der Waals surface area contributed by atoms with Crippen LogP contribution in [0.4, 0.5) is 0 Å². The third kappa shape index (κ3) is 2.20. The zero-order valence-corrected chi connectivity index (χ0v) is 10.7. The smallest absolute Gasteiger partial charge is 0.351 e. The fourth-order valence-corrected chi connectivity index (χ4v) is 2.30. The van der Waals surface area contributed by atoms with Crippen LogP contribution in [0.5, 0.6) is 0 Å². The van der Waals surface area contributed by atoms with Gasteiger partial charge in [-0.05, 0) is 6.07 Å². The van der Waals surface area contributed by atoms with Gasteiger partial charge < -0.3 is 10.5 Å². The van der Waals surface area contributed by atoms with Crippen LogP contribution in [0.3, 0.4) is 0 Å². The Hall–Kier alpha value is -1.93. The van der Waals surface area contributed by atoms with E-state index < -0.39 is 11.9 Å². The Balaban J connectivity index is 2.39. The molecule has 0 saturated heterocycles. The van der Waals surface area contributed by atoms with Gasteiger partial charge in [0.1, 0.15) is 5.69 Å². The molecule has 0 fully saturated rings. The maximum Gasteiger partial charge on any atom is 0.351 e. The highest BCUT2D eigenvalue weighted by atomic mass is 35.5. The van der Waals surface area contributed by atoms with Gasteiger partial charge in [-0.1, -0.05) is 22.9 Å². The molecule has 2 N–H and O–H groups in total. The van der Waals surface area contributed by atoms with E-state index in [1.54, 1.807) is 0 Å². The lowest BCUT2D eigenvalue weighted by Crippen LogP contribution is -2.12. The summed E-state index contributed by atoms with van der Waals surface area (Å²) in [5.41, 5.74) is 5.18. The fraction of sp³-hybridized carbons (Fsp3) is 0.111. The van der Waals surface area contributed by atoms with E-state index in [0.717, 1.165) is 11.3 Å². The number of nitrogens with zero attached hydrogens (tertiary/aromatic N) is 3. The average molecular weight is 287 g/mol. The highest BCUT2D eigenvalue weighted by Gasteiger charge is 2.19. The molecule has 0 atom stereocenters. The Morgan fingerprint density at radius 3 is 2.83 bits per heavy atom. The van der Waals surface area contributed by atoms with Gasteiger partial charge in [-0.2, -0.15) is 5.10 Å². The number of esters is 1. The molecule has 0 unspecified atom stereocenters. The zero-order chi connectivity index (χ0) is 13.3. The van der Waals surface area contributed by atoms with Crippen molar-refractivity contribution in [3.05, 3.63) is 28.0 Å². The number of methoxy groups -OCH3 is 1. The van der Waals surface area contributed by atoms with Crippen LogP contribution in [-0.4, -0.2) is 33.8 Å². The van der Waals surface area contributed by atoms with Crippen molar-refractivity contribution in [2.75, 3.05) is 7.11 Å². The number of thiazole rings is 1. The molecule has 2 aromatic heterocycles. The molecule has 0 aromatic carbocycles. The summed E-state index contributed by atoms with van der Waals surface area (Å²) in [4.78, 5) is 26.4. The molecule has 0 aliphatic rings. The van der Waals surface area contributed by atoms with Gasteiger partial charge in [-0.3, -0.25) is 4.79 Å². The zero-order valence-electron chi connectivity index (χ0n) is 9.08. The molecular weight excluding hydrogens is 280 g/mol. The molecule has 0 aliphatic heterocycles. The molecule has 0 saturated carbocycles. The van der Waals surface area contributed by atoms with Crippen molar-refractivity contribution in [1.29, 1.82) is 0 Å². The molecular formula is C9H7ClN4O3S. The number of amides is 1. The number of ether oxygens (including phenoxy) is 1. The SMILES string of the molecule is COC(=O)c1sc(-n2ccc(C(N)=O)n2)nc1Cl. The lowest BCUT2D eigenvalue weighted by Gasteiger charge is -1.93. The van der Waals surface area contributed by atoms with E-state index in [2.05, 4.69) is 14.8 Å². The van der Waals surface area contributed by atoms with Crippen LogP contribution >= 0.6 is 22.9 Å². The number of rotatable bonds is 3. The summed E-state index contributed by atoms with van der Waals surface area (Å²) in [6, 6.07) is 1.44. The monoisotopic (exact) mass is 286 g/mol. The normalized spacial score (nSPS) is 10.3. The molecule has 2 rings (SSSR count). The second-order valence-electron chi connectivity index (χ2n) is 3.12. The average Bonchev–Trinajstić information content (AvgIpc) is 2.94. The van der Waals surface area contributed by atoms with Crippen LogP contribution in [0.15, 0.2) is 12.3 Å². The van der Waals surface area contributed by atoms with Gasteiger partial charge in [0.2, 0.25) is 5.13 Å². The molecule has 7 nitrogen and oxygen atoms in total. The summed E-state index contributed by atoms with van der Waals surface area (Å²) < 4.78 is 5.86. The summed E-state index contributed by atoms with van der Waals surface area (Å²) >= 11 is 6.80. The Morgan fingerprint density at radius 2 is 2.28 bits per heavy atom. The first-order chi connectivity index (χ1) is 8.52. The minimum atomic E-state index is -0.649. The van der Waals surface area contributed by atoms with Gasteiger partial charge in [0, 0.05) is 6.20 Å². The fourth-order valence-electron chi connectivity index (χ4n) is 1.17. The summed E-state index contributed by atoms with van der Waals surface area (Å²) in [6.07, 6.45) is 1.50. The number of hydrogen-bond donors (Lipinski definition) is 1. The van der Waals surface area contributed by atoms with E-state index in [1.807, 2.05) is 0 Å². The number of primary amides is 1. The van der Waals surface area contributed by atoms with Crippen LogP contribution in [0.25, 0.3) is 5.13 Å². The second-order valence-corrected chi connectivity index (χ2v) is 4.45. The maximum atomic E-state index is 11.4. The van der Waals surface area contributed by atoms with Gasteiger partial charge in [-0.25, -0.2) is 14.5 Å². The van der Waals surface area contributed by atoms with Gasteiger partial charge in [0.05, 0.1) is 7.11 Å². The first kappa shape index (κ1) is 12.5. The van der Waals surface area contributed by atoms with Crippen LogP contribution in [0.1, 0.15) is 20.2 Å². The van der Waals surface area contributed by atoms with Crippen molar-refractivity contribution in [2.45, 2.75) is 0 Å². The Kier molecular flexibility index (Phi) is 3.30. The predicted molar refractivity (Wildman–Crippen MR) is 64.1 cm³/mol. The number of halogens is 1. The topological polar surface area (TPSA) is 100 Å². The van der Waals surface area contributed by atoms with Gasteiger partial charge in [0.25, 0.3) is 5.91 Å². The second kappa shape index (κ2) is 4.75. The summed E-state index contributed by atoms with van der Waals surface area (Å²) in [7, 11) is 1.25. The molecule has 1 amide bonds. The van der Waals surface area contributed by atoms with Crippen molar-refractivity contribution in [3.8, 4) is 5.13 Å².